The van der Waals surface area contributed by atoms with Gasteiger partial charge in [0.25, 0.3) is 0 Å². The first-order valence-corrected chi connectivity index (χ1v) is 7.23. The van der Waals surface area contributed by atoms with E-state index < -0.39 is 0 Å². The highest BCUT2D eigenvalue weighted by molar-refractivity contribution is 5.31. The van der Waals surface area contributed by atoms with Crippen LogP contribution in [0.3, 0.4) is 0 Å². The first kappa shape index (κ1) is 12.2. The maximum atomic E-state index is 5.69. The molecule has 1 aliphatic carbocycles. The third kappa shape index (κ3) is 2.45. The fraction of sp³-hybridized carbons (Fsp3) is 0.625. The monoisotopic (exact) mass is 245 g/mol. The van der Waals surface area contributed by atoms with Gasteiger partial charge in [-0.25, -0.2) is 0 Å². The molecule has 18 heavy (non-hydrogen) atoms. The molecule has 2 aliphatic rings. The zero-order valence-corrected chi connectivity index (χ0v) is 11.2. The molecule has 98 valence electrons. The molecule has 3 atom stereocenters. The highest BCUT2D eigenvalue weighted by Crippen LogP contribution is 2.31. The largest absolute Gasteiger partial charge is 0.375 e. The lowest BCUT2D eigenvalue weighted by atomic mass is 9.95. The second kappa shape index (κ2) is 5.41. The molecule has 3 unspecified atom stereocenters. The number of fused-ring (bicyclic) bond motifs is 1. The Kier molecular flexibility index (Phi) is 3.67. The van der Waals surface area contributed by atoms with Gasteiger partial charge in [0.15, 0.2) is 0 Å². The quantitative estimate of drug-likeness (QED) is 0.882. The van der Waals surface area contributed by atoms with Crippen molar-refractivity contribution in [1.82, 2.24) is 5.32 Å². The summed E-state index contributed by atoms with van der Waals surface area (Å²) in [6.07, 6.45) is 4.21. The number of hydrogen-bond donors (Lipinski definition) is 1. The number of hydrogen-bond acceptors (Lipinski definition) is 2. The Balaban J connectivity index is 1.64. The highest BCUT2D eigenvalue weighted by Gasteiger charge is 2.25. The summed E-state index contributed by atoms with van der Waals surface area (Å²) in [6, 6.07) is 9.05. The minimum absolute atomic E-state index is 0.391. The first-order valence-electron chi connectivity index (χ1n) is 7.23. The lowest BCUT2D eigenvalue weighted by Gasteiger charge is -2.28. The molecule has 0 spiro atoms. The third-order valence-corrected chi connectivity index (χ3v) is 4.64. The Morgan fingerprint density at radius 1 is 1.28 bits per heavy atom. The molecule has 1 fully saturated rings. The van der Waals surface area contributed by atoms with Crippen molar-refractivity contribution in [2.75, 3.05) is 13.2 Å². The second-order valence-corrected chi connectivity index (χ2v) is 5.84. The zero-order valence-electron chi connectivity index (χ0n) is 11.2. The Labute approximate surface area is 110 Å². The molecule has 2 nitrogen and oxygen atoms in total. The number of ether oxygens (including phenoxy) is 1. The van der Waals surface area contributed by atoms with Gasteiger partial charge < -0.3 is 10.1 Å². The van der Waals surface area contributed by atoms with E-state index in [1.54, 1.807) is 0 Å². The highest BCUT2D eigenvalue weighted by atomic mass is 16.5. The summed E-state index contributed by atoms with van der Waals surface area (Å²) in [5.41, 5.74) is 2.79. The van der Waals surface area contributed by atoms with Crippen molar-refractivity contribution in [3.63, 3.8) is 0 Å². The minimum atomic E-state index is 0.391. The van der Waals surface area contributed by atoms with Crippen LogP contribution < -0.4 is 5.32 Å². The van der Waals surface area contributed by atoms with E-state index in [9.17, 15) is 0 Å². The summed E-state index contributed by atoms with van der Waals surface area (Å²) < 4.78 is 5.69. The minimum Gasteiger partial charge on any atom is -0.375 e. The van der Waals surface area contributed by atoms with Gasteiger partial charge in [0, 0.05) is 0 Å². The molecule has 1 N–H and O–H groups in total. The molecular formula is C16H23NO. The van der Waals surface area contributed by atoms with Crippen LogP contribution in [0.25, 0.3) is 0 Å². The van der Waals surface area contributed by atoms with E-state index >= 15 is 0 Å². The van der Waals surface area contributed by atoms with E-state index in [4.69, 9.17) is 4.74 Å². The summed E-state index contributed by atoms with van der Waals surface area (Å²) in [4.78, 5) is 0. The first-order chi connectivity index (χ1) is 8.84. The van der Waals surface area contributed by atoms with Gasteiger partial charge in [-0.05, 0) is 35.9 Å². The molecule has 1 aliphatic heterocycles. The van der Waals surface area contributed by atoms with E-state index in [1.807, 2.05) is 0 Å². The van der Waals surface area contributed by atoms with Crippen molar-refractivity contribution < 1.29 is 4.74 Å². The van der Waals surface area contributed by atoms with Crippen LogP contribution in [0, 0.1) is 11.8 Å². The van der Waals surface area contributed by atoms with Gasteiger partial charge >= 0.3 is 0 Å². The van der Waals surface area contributed by atoms with Crippen LogP contribution in [-0.4, -0.2) is 13.2 Å². The number of benzene rings is 1. The molecule has 1 saturated carbocycles. The molecule has 0 bridgehead atoms. The maximum Gasteiger partial charge on any atom is 0.0721 e. The van der Waals surface area contributed by atoms with Crippen LogP contribution >= 0.6 is 0 Å². The molecule has 0 radical (unpaired) electrons. The molecule has 0 amide bonds. The van der Waals surface area contributed by atoms with Gasteiger partial charge in [0.05, 0.1) is 19.3 Å². The van der Waals surface area contributed by atoms with Gasteiger partial charge in [-0.3, -0.25) is 0 Å². The van der Waals surface area contributed by atoms with Gasteiger partial charge in [-0.2, -0.15) is 0 Å². The maximum absolute atomic E-state index is 5.69. The average molecular weight is 245 g/mol. The van der Waals surface area contributed by atoms with Crippen LogP contribution in [0.15, 0.2) is 24.3 Å². The van der Waals surface area contributed by atoms with E-state index in [0.717, 1.165) is 31.6 Å². The van der Waals surface area contributed by atoms with E-state index in [0.29, 0.717) is 6.04 Å². The van der Waals surface area contributed by atoms with Crippen LogP contribution in [0.1, 0.15) is 43.4 Å². The van der Waals surface area contributed by atoms with Crippen molar-refractivity contribution in [3.05, 3.63) is 35.4 Å². The summed E-state index contributed by atoms with van der Waals surface area (Å²) in [5.74, 6) is 1.75. The van der Waals surface area contributed by atoms with Crippen LogP contribution in [0.5, 0.6) is 0 Å². The predicted molar refractivity (Wildman–Crippen MR) is 73.3 cm³/mol. The Bertz CT molecular complexity index is 404. The molecule has 3 rings (SSSR count). The Morgan fingerprint density at radius 3 is 3.00 bits per heavy atom. The SMILES string of the molecule is CC1CCCC1CNC1COCc2ccccc21. The topological polar surface area (TPSA) is 21.3 Å². The Morgan fingerprint density at radius 2 is 2.17 bits per heavy atom. The van der Waals surface area contributed by atoms with Crippen LogP contribution in [0.2, 0.25) is 0 Å². The van der Waals surface area contributed by atoms with Crippen molar-refractivity contribution in [1.29, 1.82) is 0 Å². The van der Waals surface area contributed by atoms with Gasteiger partial charge in [-0.1, -0.05) is 44.0 Å². The summed E-state index contributed by atoms with van der Waals surface area (Å²) in [5, 5.41) is 3.73. The summed E-state index contributed by atoms with van der Waals surface area (Å²) >= 11 is 0. The second-order valence-electron chi connectivity index (χ2n) is 5.84. The normalized spacial score (nSPS) is 31.3. The zero-order chi connectivity index (χ0) is 12.4. The standard InChI is InChI=1S/C16H23NO/c1-12-5-4-7-13(12)9-17-16-11-18-10-14-6-2-3-8-15(14)16/h2-3,6,8,12-13,16-17H,4-5,7,9-11H2,1H3. The molecule has 1 aromatic carbocycles. The average Bonchev–Trinajstić information content (AvgIpc) is 2.82. The molecule has 2 heteroatoms. The number of nitrogens with one attached hydrogen (secondary N) is 1. The number of rotatable bonds is 3. The van der Waals surface area contributed by atoms with Crippen molar-refractivity contribution in [3.8, 4) is 0 Å². The summed E-state index contributed by atoms with van der Waals surface area (Å²) in [7, 11) is 0. The Hall–Kier alpha value is -0.860. The van der Waals surface area contributed by atoms with Crippen molar-refractivity contribution in [2.24, 2.45) is 11.8 Å². The molecular weight excluding hydrogens is 222 g/mol. The smallest absolute Gasteiger partial charge is 0.0721 e. The fourth-order valence-corrected chi connectivity index (χ4v) is 3.37. The lowest BCUT2D eigenvalue weighted by Crippen LogP contribution is -2.33. The third-order valence-electron chi connectivity index (χ3n) is 4.64. The van der Waals surface area contributed by atoms with E-state index in [-0.39, 0.29) is 0 Å². The molecule has 0 saturated heterocycles. The lowest BCUT2D eigenvalue weighted by molar-refractivity contribution is 0.0803. The molecule has 1 aromatic rings. The molecule has 1 heterocycles. The van der Waals surface area contributed by atoms with Crippen molar-refractivity contribution >= 4 is 0 Å². The van der Waals surface area contributed by atoms with Crippen LogP contribution in [-0.2, 0) is 11.3 Å². The van der Waals surface area contributed by atoms with Crippen molar-refractivity contribution in [2.45, 2.75) is 38.8 Å². The van der Waals surface area contributed by atoms with Gasteiger partial charge in [0.1, 0.15) is 0 Å². The van der Waals surface area contributed by atoms with Gasteiger partial charge in [-0.15, -0.1) is 0 Å². The van der Waals surface area contributed by atoms with E-state index in [1.165, 1.54) is 30.4 Å². The molecule has 0 aromatic heterocycles. The van der Waals surface area contributed by atoms with E-state index in [2.05, 4.69) is 36.5 Å². The fourth-order valence-electron chi connectivity index (χ4n) is 3.37. The predicted octanol–water partition coefficient (Wildman–Crippen LogP) is 3.28. The summed E-state index contributed by atoms with van der Waals surface area (Å²) in [6.45, 7) is 5.13. The van der Waals surface area contributed by atoms with Gasteiger partial charge in [0.2, 0.25) is 0 Å². The van der Waals surface area contributed by atoms with Crippen LogP contribution in [0.4, 0.5) is 0 Å².